The van der Waals surface area contributed by atoms with Crippen LogP contribution in [0.5, 0.6) is 0 Å². The lowest BCUT2D eigenvalue weighted by atomic mass is 10.2. The van der Waals surface area contributed by atoms with Crippen LogP contribution >= 0.6 is 0 Å². The fraction of sp³-hybridized carbons (Fsp3) is 0.889. The van der Waals surface area contributed by atoms with Crippen molar-refractivity contribution in [1.29, 1.82) is 0 Å². The molecule has 0 spiro atoms. The number of rotatable bonds is 10. The summed E-state index contributed by atoms with van der Waals surface area (Å²) >= 11 is 0. The molecule has 214 valence electrons. The first-order valence-corrected chi connectivity index (χ1v) is 14.0. The smallest absolute Gasteiger partial charge is 0.410 e. The molecule has 0 atom stereocenters. The molecule has 2 rings (SSSR count). The Bertz CT molecular complexity index is 718. The van der Waals surface area contributed by atoms with Crippen LogP contribution in [0.2, 0.25) is 0 Å². The van der Waals surface area contributed by atoms with Gasteiger partial charge in [0, 0.05) is 65.3 Å². The maximum Gasteiger partial charge on any atom is 0.410 e. The van der Waals surface area contributed by atoms with Gasteiger partial charge < -0.3 is 34.4 Å². The maximum atomic E-state index is 12.6. The molecule has 2 aliphatic heterocycles. The Balaban J connectivity index is 1.48. The fourth-order valence-electron chi connectivity index (χ4n) is 4.44. The summed E-state index contributed by atoms with van der Waals surface area (Å²) in [5.41, 5.74) is -0.960. The van der Waals surface area contributed by atoms with Gasteiger partial charge >= 0.3 is 12.2 Å². The van der Waals surface area contributed by atoms with E-state index >= 15 is 0 Å². The molecule has 3 amide bonds. The first-order chi connectivity index (χ1) is 17.3. The number of nitrogens with zero attached hydrogens (tertiary/aromatic N) is 4. The van der Waals surface area contributed by atoms with E-state index in [1.165, 1.54) is 0 Å². The van der Waals surface area contributed by atoms with Crippen molar-refractivity contribution in [2.24, 2.45) is 0 Å². The van der Waals surface area contributed by atoms with Gasteiger partial charge in [0.25, 0.3) is 0 Å². The van der Waals surface area contributed by atoms with Crippen LogP contribution < -0.4 is 5.32 Å². The van der Waals surface area contributed by atoms with Crippen molar-refractivity contribution in [1.82, 2.24) is 24.9 Å². The van der Waals surface area contributed by atoms with Crippen molar-refractivity contribution >= 4 is 18.1 Å². The lowest BCUT2D eigenvalue weighted by Gasteiger charge is -2.36. The Morgan fingerprint density at radius 3 is 1.65 bits per heavy atom. The standard InChI is InChI=1S/C27H51N5O5/c1-26(2,3)36-24(34)28-12-8-10-14-30-17-15-29(16-18-30)13-9-7-11-23(33)31-19-21-32(22-20-31)25(35)37-27(4,5)6/h7-22H2,1-6H3,(H,28,34). The largest absolute Gasteiger partial charge is 0.444 e. The van der Waals surface area contributed by atoms with Crippen LogP contribution in [0.25, 0.3) is 0 Å². The summed E-state index contributed by atoms with van der Waals surface area (Å²) in [5.74, 6) is 0.190. The number of hydrogen-bond acceptors (Lipinski definition) is 7. The van der Waals surface area contributed by atoms with Gasteiger partial charge in [-0.15, -0.1) is 0 Å². The number of piperazine rings is 2. The maximum absolute atomic E-state index is 12.6. The average Bonchev–Trinajstić information content (AvgIpc) is 2.80. The number of amides is 3. The van der Waals surface area contributed by atoms with Gasteiger partial charge in [-0.25, -0.2) is 9.59 Å². The Morgan fingerprint density at radius 1 is 0.649 bits per heavy atom. The second kappa shape index (κ2) is 14.8. The molecule has 0 aromatic carbocycles. The minimum absolute atomic E-state index is 0.190. The summed E-state index contributed by atoms with van der Waals surface area (Å²) in [7, 11) is 0. The highest BCUT2D eigenvalue weighted by Gasteiger charge is 2.27. The molecule has 0 aromatic heterocycles. The summed E-state index contributed by atoms with van der Waals surface area (Å²) in [6.45, 7) is 20.4. The second-order valence-corrected chi connectivity index (χ2v) is 12.1. The van der Waals surface area contributed by atoms with Gasteiger partial charge in [-0.1, -0.05) is 0 Å². The molecular formula is C27H51N5O5. The number of carbonyl (C=O) groups is 3. The molecule has 0 bridgehead atoms. The first-order valence-electron chi connectivity index (χ1n) is 14.0. The van der Waals surface area contributed by atoms with Crippen LogP contribution in [-0.2, 0) is 14.3 Å². The predicted octanol–water partition coefficient (Wildman–Crippen LogP) is 3.16. The van der Waals surface area contributed by atoms with E-state index in [1.54, 1.807) is 4.90 Å². The van der Waals surface area contributed by atoms with Crippen molar-refractivity contribution in [2.75, 3.05) is 72.0 Å². The zero-order valence-electron chi connectivity index (χ0n) is 24.1. The molecule has 2 aliphatic rings. The van der Waals surface area contributed by atoms with E-state index in [2.05, 4.69) is 15.1 Å². The number of alkyl carbamates (subject to hydrolysis) is 1. The molecular weight excluding hydrogens is 474 g/mol. The highest BCUT2D eigenvalue weighted by Crippen LogP contribution is 2.13. The van der Waals surface area contributed by atoms with Gasteiger partial charge in [-0.2, -0.15) is 0 Å². The number of unbranched alkanes of at least 4 members (excludes halogenated alkanes) is 2. The van der Waals surface area contributed by atoms with E-state index < -0.39 is 11.2 Å². The first kappa shape index (κ1) is 31.1. The van der Waals surface area contributed by atoms with Crippen LogP contribution in [0.1, 0.15) is 73.6 Å². The molecule has 2 saturated heterocycles. The van der Waals surface area contributed by atoms with Crippen LogP contribution in [0, 0.1) is 0 Å². The van der Waals surface area contributed by atoms with Gasteiger partial charge in [-0.3, -0.25) is 4.79 Å². The lowest BCUT2D eigenvalue weighted by Crippen LogP contribution is -2.51. The normalized spacial score (nSPS) is 18.0. The number of nitrogens with one attached hydrogen (secondary N) is 1. The summed E-state index contributed by atoms with van der Waals surface area (Å²) in [5, 5.41) is 2.82. The van der Waals surface area contributed by atoms with Crippen LogP contribution in [0.15, 0.2) is 0 Å². The Labute approximate surface area is 224 Å². The number of carbonyl (C=O) groups excluding carboxylic acids is 3. The number of ether oxygens (including phenoxy) is 2. The van der Waals surface area contributed by atoms with E-state index in [1.807, 2.05) is 46.4 Å². The van der Waals surface area contributed by atoms with Gasteiger partial charge in [0.2, 0.25) is 5.91 Å². The molecule has 10 nitrogen and oxygen atoms in total. The minimum atomic E-state index is -0.501. The van der Waals surface area contributed by atoms with Crippen LogP contribution in [0.3, 0.4) is 0 Å². The Hall–Kier alpha value is -2.07. The Kier molecular flexibility index (Phi) is 12.4. The zero-order valence-corrected chi connectivity index (χ0v) is 24.1. The molecule has 37 heavy (non-hydrogen) atoms. The summed E-state index contributed by atoms with van der Waals surface area (Å²) in [4.78, 5) is 45.0. The SMILES string of the molecule is CC(C)(C)OC(=O)NCCCCN1CCN(CCCCC(=O)N2CCN(C(=O)OC(C)(C)C)CC2)CC1. The third-order valence-corrected chi connectivity index (χ3v) is 6.43. The van der Waals surface area contributed by atoms with Crippen molar-refractivity contribution in [3.8, 4) is 0 Å². The van der Waals surface area contributed by atoms with E-state index in [0.717, 1.165) is 65.0 Å². The number of hydrogen-bond donors (Lipinski definition) is 1. The predicted molar refractivity (Wildman–Crippen MR) is 145 cm³/mol. The van der Waals surface area contributed by atoms with Crippen LogP contribution in [0.4, 0.5) is 9.59 Å². The minimum Gasteiger partial charge on any atom is -0.444 e. The molecule has 0 saturated carbocycles. The fourth-order valence-corrected chi connectivity index (χ4v) is 4.44. The zero-order chi connectivity index (χ0) is 27.5. The van der Waals surface area contributed by atoms with E-state index in [4.69, 9.17) is 9.47 Å². The van der Waals surface area contributed by atoms with Gasteiger partial charge in [0.15, 0.2) is 0 Å². The van der Waals surface area contributed by atoms with E-state index in [0.29, 0.717) is 39.1 Å². The molecule has 0 radical (unpaired) electrons. The van der Waals surface area contributed by atoms with Crippen molar-refractivity contribution in [3.63, 3.8) is 0 Å². The van der Waals surface area contributed by atoms with Gasteiger partial charge in [0.05, 0.1) is 0 Å². The molecule has 2 heterocycles. The third kappa shape index (κ3) is 13.3. The topological polar surface area (TPSA) is 94.7 Å². The summed E-state index contributed by atoms with van der Waals surface area (Å²) in [6, 6.07) is 0. The van der Waals surface area contributed by atoms with E-state index in [9.17, 15) is 14.4 Å². The highest BCUT2D eigenvalue weighted by molar-refractivity contribution is 5.76. The summed E-state index contributed by atoms with van der Waals surface area (Å²) in [6.07, 6.45) is 3.87. The monoisotopic (exact) mass is 525 g/mol. The molecule has 10 heteroatoms. The van der Waals surface area contributed by atoms with Crippen molar-refractivity contribution < 1.29 is 23.9 Å². The van der Waals surface area contributed by atoms with Crippen molar-refractivity contribution in [2.45, 2.75) is 84.8 Å². The van der Waals surface area contributed by atoms with Crippen LogP contribution in [-0.4, -0.2) is 121 Å². The molecule has 0 aliphatic carbocycles. The van der Waals surface area contributed by atoms with E-state index in [-0.39, 0.29) is 18.1 Å². The summed E-state index contributed by atoms with van der Waals surface area (Å²) < 4.78 is 10.7. The second-order valence-electron chi connectivity index (χ2n) is 12.1. The quantitative estimate of drug-likeness (QED) is 0.438. The third-order valence-electron chi connectivity index (χ3n) is 6.43. The Morgan fingerprint density at radius 2 is 1.14 bits per heavy atom. The van der Waals surface area contributed by atoms with Gasteiger partial charge in [-0.05, 0) is 80.3 Å². The highest BCUT2D eigenvalue weighted by atomic mass is 16.6. The van der Waals surface area contributed by atoms with Crippen molar-refractivity contribution in [3.05, 3.63) is 0 Å². The molecule has 0 aromatic rings. The average molecular weight is 526 g/mol. The van der Waals surface area contributed by atoms with Gasteiger partial charge in [0.1, 0.15) is 11.2 Å². The lowest BCUT2D eigenvalue weighted by molar-refractivity contribution is -0.133. The molecule has 1 N–H and O–H groups in total. The molecule has 0 unspecified atom stereocenters. The molecule has 2 fully saturated rings.